The maximum Gasteiger partial charge on any atom is 0.267 e. The molecule has 1 aromatic carbocycles. The first-order valence-corrected chi connectivity index (χ1v) is 7.67. The number of thioether (sulfide) groups is 1. The van der Waals surface area contributed by atoms with E-state index >= 15 is 0 Å². The highest BCUT2D eigenvalue weighted by atomic mass is 32.2. The van der Waals surface area contributed by atoms with Crippen molar-refractivity contribution in [2.24, 2.45) is 0 Å². The minimum absolute atomic E-state index is 0.0855. The molecule has 0 saturated carbocycles. The molecule has 4 nitrogen and oxygen atoms in total. The summed E-state index contributed by atoms with van der Waals surface area (Å²) in [5, 5.41) is 0.630. The maximum atomic E-state index is 12.5. The van der Waals surface area contributed by atoms with Crippen LogP contribution in [0.25, 0.3) is 0 Å². The highest BCUT2D eigenvalue weighted by molar-refractivity contribution is 8.00. The number of likely N-dealkylation sites (tertiary alicyclic amines) is 1. The largest absolute Gasteiger partial charge is 0.485 e. The van der Waals surface area contributed by atoms with Gasteiger partial charge in [0.2, 0.25) is 6.10 Å². The summed E-state index contributed by atoms with van der Waals surface area (Å²) in [5.74, 6) is 2.55. The van der Waals surface area contributed by atoms with Gasteiger partial charge in [-0.2, -0.15) is 11.8 Å². The van der Waals surface area contributed by atoms with E-state index in [2.05, 4.69) is 0 Å². The Hall–Kier alpha value is -1.36. The van der Waals surface area contributed by atoms with Gasteiger partial charge in [0.1, 0.15) is 6.61 Å². The molecule has 3 heterocycles. The Labute approximate surface area is 116 Å². The summed E-state index contributed by atoms with van der Waals surface area (Å²) in [5.41, 5.74) is 0. The second kappa shape index (κ2) is 4.34. The van der Waals surface area contributed by atoms with Crippen LogP contribution in [0.1, 0.15) is 6.42 Å². The van der Waals surface area contributed by atoms with Crippen molar-refractivity contribution in [3.05, 3.63) is 24.3 Å². The van der Waals surface area contributed by atoms with Crippen molar-refractivity contribution in [1.82, 2.24) is 4.90 Å². The Kier molecular flexibility index (Phi) is 2.62. The van der Waals surface area contributed by atoms with Crippen LogP contribution in [0.2, 0.25) is 0 Å². The van der Waals surface area contributed by atoms with E-state index in [9.17, 15) is 4.79 Å². The molecule has 0 aromatic heterocycles. The molecule has 4 rings (SSSR count). The van der Waals surface area contributed by atoms with Gasteiger partial charge < -0.3 is 14.4 Å². The summed E-state index contributed by atoms with van der Waals surface area (Å²) in [7, 11) is 0. The van der Waals surface area contributed by atoms with Gasteiger partial charge in [0.05, 0.1) is 0 Å². The van der Waals surface area contributed by atoms with Gasteiger partial charge in [0.15, 0.2) is 11.5 Å². The summed E-state index contributed by atoms with van der Waals surface area (Å²) in [6, 6.07) is 7.92. The smallest absolute Gasteiger partial charge is 0.267 e. The lowest BCUT2D eigenvalue weighted by molar-refractivity contribution is -0.141. The number of fused-ring (bicyclic) bond motifs is 3. The number of carbonyl (C=O) groups is 1. The Balaban J connectivity index is 1.50. The first-order chi connectivity index (χ1) is 9.31. The van der Waals surface area contributed by atoms with E-state index in [1.807, 2.05) is 40.9 Å². The molecule has 3 aliphatic heterocycles. The minimum atomic E-state index is -0.487. The SMILES string of the molecule is O=C([C@@H]1COc2ccccc2O1)N1C[C@H]2C[C@H]1CS2. The maximum absolute atomic E-state index is 12.5. The van der Waals surface area contributed by atoms with E-state index in [0.717, 1.165) is 24.5 Å². The van der Waals surface area contributed by atoms with Crippen molar-refractivity contribution in [3.63, 3.8) is 0 Å². The first kappa shape index (κ1) is 11.5. The van der Waals surface area contributed by atoms with Gasteiger partial charge in [-0.25, -0.2) is 0 Å². The van der Waals surface area contributed by atoms with Gasteiger partial charge >= 0.3 is 0 Å². The third-order valence-electron chi connectivity index (χ3n) is 3.97. The Morgan fingerprint density at radius 2 is 2.16 bits per heavy atom. The summed E-state index contributed by atoms with van der Waals surface area (Å²) < 4.78 is 11.4. The van der Waals surface area contributed by atoms with E-state index in [0.29, 0.717) is 23.6 Å². The van der Waals surface area contributed by atoms with Crippen LogP contribution in [0.3, 0.4) is 0 Å². The van der Waals surface area contributed by atoms with E-state index in [1.54, 1.807) is 0 Å². The van der Waals surface area contributed by atoms with Crippen molar-refractivity contribution < 1.29 is 14.3 Å². The number of nitrogens with zero attached hydrogens (tertiary/aromatic N) is 1. The molecule has 0 radical (unpaired) electrons. The van der Waals surface area contributed by atoms with Crippen LogP contribution in [-0.2, 0) is 4.79 Å². The van der Waals surface area contributed by atoms with Crippen LogP contribution in [0.4, 0.5) is 0 Å². The van der Waals surface area contributed by atoms with Crippen molar-refractivity contribution in [3.8, 4) is 11.5 Å². The second-order valence-corrected chi connectivity index (χ2v) is 6.53. The molecule has 2 bridgehead atoms. The standard InChI is InChI=1S/C14H15NO3S/c16-14(15-6-10-5-9(15)8-19-10)13-7-17-11-3-1-2-4-12(11)18-13/h1-4,9-10,13H,5-8H2/t9-,10+,13-/m0/s1. The normalized spacial score (nSPS) is 31.6. The number of carbonyl (C=O) groups excluding carboxylic acids is 1. The average molecular weight is 277 g/mol. The van der Waals surface area contributed by atoms with Gasteiger partial charge in [0.25, 0.3) is 5.91 Å². The number of hydrogen-bond donors (Lipinski definition) is 0. The highest BCUT2D eigenvalue weighted by Gasteiger charge is 2.44. The summed E-state index contributed by atoms with van der Waals surface area (Å²) in [6.45, 7) is 1.19. The lowest BCUT2D eigenvalue weighted by Crippen LogP contribution is -2.49. The van der Waals surface area contributed by atoms with Gasteiger partial charge in [0, 0.05) is 23.6 Å². The zero-order valence-electron chi connectivity index (χ0n) is 10.5. The molecule has 1 aromatic rings. The molecular formula is C14H15NO3S. The molecule has 19 heavy (non-hydrogen) atoms. The fourth-order valence-electron chi connectivity index (χ4n) is 3.00. The summed E-state index contributed by atoms with van der Waals surface area (Å²) in [6.07, 6.45) is 0.653. The zero-order chi connectivity index (χ0) is 12.8. The van der Waals surface area contributed by atoms with Crippen LogP contribution in [0.15, 0.2) is 24.3 Å². The van der Waals surface area contributed by atoms with Crippen molar-refractivity contribution in [1.29, 1.82) is 0 Å². The molecule has 3 atom stereocenters. The fraction of sp³-hybridized carbons (Fsp3) is 0.500. The van der Waals surface area contributed by atoms with Gasteiger partial charge in [-0.1, -0.05) is 12.1 Å². The van der Waals surface area contributed by atoms with E-state index in [-0.39, 0.29) is 5.91 Å². The van der Waals surface area contributed by atoms with Crippen LogP contribution in [0.5, 0.6) is 11.5 Å². The van der Waals surface area contributed by atoms with Gasteiger partial charge in [-0.3, -0.25) is 4.79 Å². The van der Waals surface area contributed by atoms with E-state index in [1.165, 1.54) is 0 Å². The molecule has 0 N–H and O–H groups in total. The molecule has 1 amide bonds. The summed E-state index contributed by atoms with van der Waals surface area (Å²) in [4.78, 5) is 14.5. The van der Waals surface area contributed by atoms with Crippen LogP contribution in [0, 0.1) is 0 Å². The third kappa shape index (κ3) is 1.87. The monoisotopic (exact) mass is 277 g/mol. The molecule has 3 aliphatic rings. The van der Waals surface area contributed by atoms with Gasteiger partial charge in [-0.15, -0.1) is 0 Å². The molecule has 2 saturated heterocycles. The number of para-hydroxylation sites is 2. The van der Waals surface area contributed by atoms with Crippen molar-refractivity contribution in [2.75, 3.05) is 18.9 Å². The van der Waals surface area contributed by atoms with Crippen LogP contribution < -0.4 is 9.47 Å². The topological polar surface area (TPSA) is 38.8 Å². The fourth-order valence-corrected chi connectivity index (χ4v) is 4.43. The van der Waals surface area contributed by atoms with E-state index < -0.39 is 6.10 Å². The second-order valence-electron chi connectivity index (χ2n) is 5.20. The molecule has 5 heteroatoms. The van der Waals surface area contributed by atoms with Gasteiger partial charge in [-0.05, 0) is 18.6 Å². The summed E-state index contributed by atoms with van der Waals surface area (Å²) >= 11 is 1.98. The minimum Gasteiger partial charge on any atom is -0.485 e. The van der Waals surface area contributed by atoms with Crippen molar-refractivity contribution in [2.45, 2.75) is 23.8 Å². The first-order valence-electron chi connectivity index (χ1n) is 6.62. The van der Waals surface area contributed by atoms with E-state index in [4.69, 9.17) is 9.47 Å². The predicted octanol–water partition coefficient (Wildman–Crippen LogP) is 1.54. The Morgan fingerprint density at radius 3 is 2.89 bits per heavy atom. The molecular weight excluding hydrogens is 262 g/mol. The number of benzene rings is 1. The Morgan fingerprint density at radius 1 is 1.32 bits per heavy atom. The quantitative estimate of drug-likeness (QED) is 0.780. The molecule has 0 aliphatic carbocycles. The lowest BCUT2D eigenvalue weighted by atomic mass is 10.2. The molecule has 2 fully saturated rings. The average Bonchev–Trinajstić information content (AvgIpc) is 3.08. The number of amides is 1. The Bertz CT molecular complexity index is 521. The number of rotatable bonds is 1. The number of hydrogen-bond acceptors (Lipinski definition) is 4. The zero-order valence-corrected chi connectivity index (χ0v) is 11.3. The molecule has 0 spiro atoms. The van der Waals surface area contributed by atoms with Crippen LogP contribution in [-0.4, -0.2) is 47.1 Å². The lowest BCUT2D eigenvalue weighted by Gasteiger charge is -2.32. The predicted molar refractivity (Wildman–Crippen MR) is 72.7 cm³/mol. The molecule has 100 valence electrons. The van der Waals surface area contributed by atoms with Crippen LogP contribution >= 0.6 is 11.8 Å². The highest BCUT2D eigenvalue weighted by Crippen LogP contribution is 2.38. The van der Waals surface area contributed by atoms with Crippen molar-refractivity contribution >= 4 is 17.7 Å². The number of ether oxygens (including phenoxy) is 2. The third-order valence-corrected chi connectivity index (χ3v) is 5.36. The molecule has 0 unspecified atom stereocenters.